The Morgan fingerprint density at radius 1 is 0.329 bits per heavy atom. The Bertz CT molecular complexity index is 2970. The third-order valence-corrected chi connectivity index (χ3v) is 11.9. The molecule has 8 bridgehead atoms. The van der Waals surface area contributed by atoms with E-state index in [9.17, 15) is 52.7 Å². The van der Waals surface area contributed by atoms with Crippen LogP contribution in [0.4, 0.5) is 52.7 Å². The third kappa shape index (κ3) is 12.2. The standard InChI is InChI=1S/C52H40F12N8.Mn/c53-49(54,55)21-29-69-25-5-1-9-41(69)45-33-13-15-35(65-33)46(42-10-2-6-26-70(42)30-22-50(56,57)58)37-17-19-39(67-37)48(44-12-4-8-28-72(44)32-24-52(62,63)64)40-20-18-38(68-40)47(36-16-14-34(45)66-36)43-11-3-7-27-71(43)31-23-51(59,60)61;/h1-20,25-28H,21-24,29-32H2;/q2*+2. The van der Waals surface area contributed by atoms with Gasteiger partial charge >= 0.3 is 41.8 Å². The summed E-state index contributed by atoms with van der Waals surface area (Å²) in [6.45, 7) is -2.05. The Labute approximate surface area is 419 Å². The molecule has 0 aromatic carbocycles. The van der Waals surface area contributed by atoms with E-state index >= 15 is 0 Å². The van der Waals surface area contributed by atoms with E-state index in [4.69, 9.17) is 19.9 Å². The van der Waals surface area contributed by atoms with Crippen LogP contribution in [-0.2, 0) is 43.2 Å². The summed E-state index contributed by atoms with van der Waals surface area (Å²) >= 11 is 0. The predicted octanol–water partition coefficient (Wildman–Crippen LogP) is 11.5. The fourth-order valence-electron chi connectivity index (χ4n) is 8.72. The number of aromatic nitrogens is 8. The molecule has 7 aromatic rings. The van der Waals surface area contributed by atoms with Crippen molar-refractivity contribution in [1.29, 1.82) is 0 Å². The largest absolute Gasteiger partial charge is 2.00 e. The van der Waals surface area contributed by atoms with Gasteiger partial charge in [0.05, 0.1) is 45.0 Å². The number of hydrogen-bond donors (Lipinski definition) is 0. The smallest absolute Gasteiger partial charge is 0.656 e. The van der Waals surface area contributed by atoms with E-state index in [0.29, 0.717) is 0 Å². The quantitative estimate of drug-likeness (QED) is 0.0694. The van der Waals surface area contributed by atoms with Crippen LogP contribution < -0.4 is 28.2 Å². The minimum atomic E-state index is -4.54. The molecule has 0 amide bonds. The molecule has 0 atom stereocenters. The number of aryl methyl sites for hydroxylation is 4. The zero-order valence-electron chi connectivity index (χ0n) is 38.0. The number of rotatable bonds is 12. The first kappa shape index (κ1) is 52.2. The van der Waals surface area contributed by atoms with Crippen molar-refractivity contribution in [3.63, 3.8) is 0 Å². The number of fused-ring (bicyclic) bond motifs is 8. The number of alkyl halides is 12. The molecule has 9 heterocycles. The van der Waals surface area contributed by atoms with Gasteiger partial charge in [-0.2, -0.15) is 71.0 Å². The van der Waals surface area contributed by atoms with Crippen LogP contribution >= 0.6 is 0 Å². The van der Waals surface area contributed by atoms with Crippen molar-refractivity contribution >= 4 is 46.4 Å². The third-order valence-electron chi connectivity index (χ3n) is 11.9. The number of hydrogen-bond acceptors (Lipinski definition) is 2. The average Bonchev–Trinajstić information content (AvgIpc) is 4.18. The summed E-state index contributed by atoms with van der Waals surface area (Å²) in [7, 11) is 0. The molecule has 1 radical (unpaired) electrons. The van der Waals surface area contributed by atoms with Crippen molar-refractivity contribution < 1.29 is 88.0 Å². The van der Waals surface area contributed by atoms with Gasteiger partial charge in [0.1, 0.15) is 25.7 Å². The first-order chi connectivity index (χ1) is 34.2. The van der Waals surface area contributed by atoms with Crippen LogP contribution in [0.2, 0.25) is 0 Å². The summed E-state index contributed by atoms with van der Waals surface area (Å²) in [5, 5.41) is 0. The molecule has 375 valence electrons. The molecule has 0 saturated heterocycles. The van der Waals surface area contributed by atoms with Gasteiger partial charge in [-0.1, -0.05) is 24.3 Å². The summed E-state index contributed by atoms with van der Waals surface area (Å²) in [6.07, 6.45) is -10.7. The molecule has 2 aliphatic heterocycles. The van der Waals surface area contributed by atoms with Crippen molar-refractivity contribution in [2.24, 2.45) is 0 Å². The van der Waals surface area contributed by atoms with Gasteiger partial charge in [-0.05, 0) is 48.6 Å². The normalized spacial score (nSPS) is 12.9. The Balaban J connectivity index is 0.00000711. The predicted molar refractivity (Wildman–Crippen MR) is 242 cm³/mol. The number of pyridine rings is 4. The Hall–Kier alpha value is -7.12. The van der Waals surface area contributed by atoms with Crippen LogP contribution in [0.3, 0.4) is 0 Å². The van der Waals surface area contributed by atoms with Crippen LogP contribution in [0.25, 0.3) is 91.4 Å². The molecular formula is C52H40F12MnN8+4. The fourth-order valence-corrected chi connectivity index (χ4v) is 8.72. The van der Waals surface area contributed by atoms with Crippen molar-refractivity contribution in [3.05, 3.63) is 145 Å². The summed E-state index contributed by atoms with van der Waals surface area (Å²) in [5.41, 5.74) is 3.49. The first-order valence-corrected chi connectivity index (χ1v) is 22.5. The Morgan fingerprint density at radius 3 is 0.753 bits per heavy atom. The van der Waals surface area contributed by atoms with Crippen LogP contribution in [0.5, 0.6) is 0 Å². The van der Waals surface area contributed by atoms with E-state index in [1.54, 1.807) is 121 Å². The van der Waals surface area contributed by atoms with Crippen LogP contribution in [0.1, 0.15) is 48.5 Å². The second-order valence-electron chi connectivity index (χ2n) is 16.9. The Morgan fingerprint density at radius 2 is 0.548 bits per heavy atom. The summed E-state index contributed by atoms with van der Waals surface area (Å²) in [6, 6.07) is 25.4. The molecule has 21 heteroatoms. The second-order valence-corrected chi connectivity index (χ2v) is 16.9. The zero-order chi connectivity index (χ0) is 51.0. The zero-order valence-corrected chi connectivity index (χ0v) is 39.2. The molecule has 8 nitrogen and oxygen atoms in total. The van der Waals surface area contributed by atoms with Crippen LogP contribution in [0.15, 0.2) is 122 Å². The molecule has 2 aliphatic rings. The van der Waals surface area contributed by atoms with E-state index < -0.39 is 76.6 Å². The molecule has 0 N–H and O–H groups in total. The van der Waals surface area contributed by atoms with Gasteiger partial charge < -0.3 is 9.97 Å². The molecule has 7 aromatic heterocycles. The first-order valence-electron chi connectivity index (χ1n) is 22.5. The van der Waals surface area contributed by atoms with Crippen molar-refractivity contribution in [1.82, 2.24) is 19.9 Å². The SMILES string of the molecule is FC(F)(F)CC[n+]1ccccc1-c1c2nc(c(-c3cccc[n+]3CCC(F)(F)F)c3ccc([n-]3)c(-c3cccc[n+]3CCC(F)(F)F)c3nc(c(-c4cccc[n+]4CCC(F)(F)F)c4ccc1[n-]4)C=C3)C=C2.[Mn+2]. The van der Waals surface area contributed by atoms with E-state index in [2.05, 4.69) is 0 Å². The van der Waals surface area contributed by atoms with E-state index in [0.717, 1.165) is 0 Å². The molecule has 9 rings (SSSR count). The van der Waals surface area contributed by atoms with Crippen molar-refractivity contribution in [3.8, 4) is 45.0 Å². The van der Waals surface area contributed by atoms with Gasteiger partial charge in [-0.25, -0.2) is 9.97 Å². The van der Waals surface area contributed by atoms with E-state index in [-0.39, 0.29) is 107 Å². The second kappa shape index (κ2) is 20.8. The molecule has 73 heavy (non-hydrogen) atoms. The summed E-state index contributed by atoms with van der Waals surface area (Å²) < 4.78 is 171. The summed E-state index contributed by atoms with van der Waals surface area (Å²) in [4.78, 5) is 20.2. The minimum Gasteiger partial charge on any atom is -0.656 e. The van der Waals surface area contributed by atoms with Gasteiger partial charge in [0, 0.05) is 48.5 Å². The minimum absolute atomic E-state index is 0. The van der Waals surface area contributed by atoms with Crippen molar-refractivity contribution in [2.45, 2.75) is 76.6 Å². The maximum absolute atomic E-state index is 13.8. The van der Waals surface area contributed by atoms with E-state index in [1.807, 2.05) is 0 Å². The topological polar surface area (TPSA) is 69.5 Å². The molecule has 0 unspecified atom stereocenters. The average molecular weight is 1060 g/mol. The fraction of sp³-hybridized carbons (Fsp3) is 0.231. The Kier molecular flexibility index (Phi) is 14.9. The molecule has 0 fully saturated rings. The van der Waals surface area contributed by atoms with Gasteiger partial charge in [-0.15, -0.1) is 22.1 Å². The van der Waals surface area contributed by atoms with Crippen molar-refractivity contribution in [2.75, 3.05) is 0 Å². The molecule has 0 saturated carbocycles. The van der Waals surface area contributed by atoms with E-state index in [1.165, 1.54) is 43.1 Å². The number of halogens is 12. The summed E-state index contributed by atoms with van der Waals surface area (Å²) in [5.74, 6) is 0. The van der Waals surface area contributed by atoms with Crippen LogP contribution in [0, 0.1) is 0 Å². The van der Waals surface area contributed by atoms with Crippen LogP contribution in [-0.4, -0.2) is 34.7 Å². The monoisotopic (exact) mass is 1060 g/mol. The number of nitrogens with zero attached hydrogens (tertiary/aromatic N) is 8. The molecule has 0 aliphatic carbocycles. The molecule has 0 spiro atoms. The maximum atomic E-state index is 13.8. The van der Waals surface area contributed by atoms with Gasteiger partial charge in [0.2, 0.25) is 22.8 Å². The molecular weight excluding hydrogens is 1020 g/mol. The van der Waals surface area contributed by atoms with Gasteiger partial charge in [0.25, 0.3) is 0 Å². The maximum Gasteiger partial charge on any atom is 2.00 e. The van der Waals surface area contributed by atoms with Gasteiger partial charge in [0.15, 0.2) is 51.0 Å². The van der Waals surface area contributed by atoms with Gasteiger partial charge in [-0.3, -0.25) is 0 Å².